The molecule has 0 aliphatic heterocycles. The van der Waals surface area contributed by atoms with Crippen LogP contribution < -0.4 is 11.1 Å². The van der Waals surface area contributed by atoms with Crippen LogP contribution in [-0.4, -0.2) is 16.6 Å². The van der Waals surface area contributed by atoms with Crippen molar-refractivity contribution in [2.24, 2.45) is 0 Å². The molecule has 1 heterocycles. The number of hydrogen-bond acceptors (Lipinski definition) is 4. The van der Waals surface area contributed by atoms with Crippen LogP contribution in [0.3, 0.4) is 0 Å². The van der Waals surface area contributed by atoms with E-state index in [0.717, 1.165) is 17.1 Å². The number of thioether (sulfide) groups is 1. The van der Waals surface area contributed by atoms with Gasteiger partial charge in [0.2, 0.25) is 5.91 Å². The third-order valence-corrected chi connectivity index (χ3v) is 4.02. The number of nitrogens with zero attached hydrogens (tertiary/aromatic N) is 1. The topological polar surface area (TPSA) is 68.0 Å². The molecule has 1 amide bonds. The monoisotopic (exact) mass is 301 g/mol. The minimum Gasteiger partial charge on any atom is -0.383 e. The van der Waals surface area contributed by atoms with Crippen LogP contribution in [0.4, 0.5) is 5.82 Å². The van der Waals surface area contributed by atoms with Crippen LogP contribution >= 0.6 is 11.8 Å². The summed E-state index contributed by atoms with van der Waals surface area (Å²) in [6, 6.07) is 13.9. The fourth-order valence-corrected chi connectivity index (χ4v) is 2.71. The van der Waals surface area contributed by atoms with Gasteiger partial charge in [-0.3, -0.25) is 4.79 Å². The third-order valence-electron chi connectivity index (χ3n) is 2.99. The maximum absolute atomic E-state index is 11.8. The maximum atomic E-state index is 11.8. The molecule has 0 radical (unpaired) electrons. The van der Waals surface area contributed by atoms with Gasteiger partial charge in [0.25, 0.3) is 0 Å². The van der Waals surface area contributed by atoms with Gasteiger partial charge in [0, 0.05) is 36.2 Å². The van der Waals surface area contributed by atoms with E-state index in [1.807, 2.05) is 30.3 Å². The van der Waals surface area contributed by atoms with Crippen LogP contribution in [0, 0.1) is 0 Å². The molecule has 110 valence electrons. The van der Waals surface area contributed by atoms with Crippen molar-refractivity contribution in [3.8, 4) is 0 Å². The zero-order valence-corrected chi connectivity index (χ0v) is 12.6. The molecule has 0 unspecified atom stereocenters. The van der Waals surface area contributed by atoms with E-state index >= 15 is 0 Å². The molecule has 1 aromatic heterocycles. The van der Waals surface area contributed by atoms with Gasteiger partial charge in [-0.05, 0) is 11.6 Å². The molecule has 0 saturated heterocycles. The summed E-state index contributed by atoms with van der Waals surface area (Å²) in [6.07, 6.45) is 2.15. The number of rotatable bonds is 7. The largest absolute Gasteiger partial charge is 0.383 e. The summed E-state index contributed by atoms with van der Waals surface area (Å²) in [4.78, 5) is 15.7. The second-order valence-electron chi connectivity index (χ2n) is 4.61. The Morgan fingerprint density at radius 1 is 1.19 bits per heavy atom. The molecule has 0 fully saturated rings. The van der Waals surface area contributed by atoms with Crippen molar-refractivity contribution in [2.45, 2.75) is 18.7 Å². The van der Waals surface area contributed by atoms with Gasteiger partial charge in [-0.2, -0.15) is 11.8 Å². The molecule has 2 aromatic rings. The van der Waals surface area contributed by atoms with Gasteiger partial charge < -0.3 is 11.1 Å². The van der Waals surface area contributed by atoms with Crippen LogP contribution in [0.1, 0.15) is 17.5 Å². The molecule has 4 nitrogen and oxygen atoms in total. The first-order valence-electron chi connectivity index (χ1n) is 6.83. The van der Waals surface area contributed by atoms with Gasteiger partial charge in [-0.1, -0.05) is 36.4 Å². The molecular weight excluding hydrogens is 282 g/mol. The van der Waals surface area contributed by atoms with E-state index < -0.39 is 0 Å². The molecular formula is C16H19N3OS. The summed E-state index contributed by atoms with van der Waals surface area (Å²) in [5.41, 5.74) is 7.86. The SMILES string of the molecule is Nc1ncccc1CNC(=O)CCSCc1ccccc1. The molecule has 0 saturated carbocycles. The standard InChI is InChI=1S/C16H19N3OS/c17-16-14(7-4-9-18-16)11-19-15(20)8-10-21-12-13-5-2-1-3-6-13/h1-7,9H,8,10-12H2,(H2,17,18)(H,19,20). The molecule has 0 aliphatic carbocycles. The van der Waals surface area contributed by atoms with Crippen molar-refractivity contribution >= 4 is 23.5 Å². The Morgan fingerprint density at radius 2 is 2.00 bits per heavy atom. The number of pyridine rings is 1. The Labute approximate surface area is 129 Å². The van der Waals surface area contributed by atoms with E-state index in [0.29, 0.717) is 18.8 Å². The number of anilines is 1. The van der Waals surface area contributed by atoms with Crippen LogP contribution in [0.15, 0.2) is 48.7 Å². The fraction of sp³-hybridized carbons (Fsp3) is 0.250. The Morgan fingerprint density at radius 3 is 2.76 bits per heavy atom. The van der Waals surface area contributed by atoms with Crippen LogP contribution in [0.5, 0.6) is 0 Å². The summed E-state index contributed by atoms with van der Waals surface area (Å²) in [5.74, 6) is 2.25. The zero-order valence-electron chi connectivity index (χ0n) is 11.8. The van der Waals surface area contributed by atoms with Crippen LogP contribution in [0.25, 0.3) is 0 Å². The van der Waals surface area contributed by atoms with Gasteiger partial charge >= 0.3 is 0 Å². The van der Waals surface area contributed by atoms with E-state index in [4.69, 9.17) is 5.73 Å². The Balaban J connectivity index is 1.63. The quantitative estimate of drug-likeness (QED) is 0.771. The molecule has 0 spiro atoms. The highest BCUT2D eigenvalue weighted by molar-refractivity contribution is 7.98. The van der Waals surface area contributed by atoms with Gasteiger partial charge in [0.15, 0.2) is 0 Å². The lowest BCUT2D eigenvalue weighted by Crippen LogP contribution is -2.23. The molecule has 5 heteroatoms. The summed E-state index contributed by atoms with van der Waals surface area (Å²) in [6.45, 7) is 0.432. The van der Waals surface area contributed by atoms with Crippen molar-refractivity contribution in [3.63, 3.8) is 0 Å². The number of nitrogen functional groups attached to an aromatic ring is 1. The van der Waals surface area contributed by atoms with Gasteiger partial charge in [0.1, 0.15) is 5.82 Å². The molecule has 0 aliphatic rings. The number of carbonyl (C=O) groups is 1. The first kappa shape index (κ1) is 15.4. The number of aromatic nitrogens is 1. The second kappa shape index (κ2) is 8.32. The van der Waals surface area contributed by atoms with Crippen molar-refractivity contribution in [2.75, 3.05) is 11.5 Å². The lowest BCUT2D eigenvalue weighted by Gasteiger charge is -2.07. The number of nitrogens with one attached hydrogen (secondary N) is 1. The predicted octanol–water partition coefficient (Wildman–Crippen LogP) is 2.60. The van der Waals surface area contributed by atoms with Crippen molar-refractivity contribution in [1.29, 1.82) is 0 Å². The van der Waals surface area contributed by atoms with Crippen molar-refractivity contribution < 1.29 is 4.79 Å². The number of carbonyl (C=O) groups excluding carboxylic acids is 1. The molecule has 1 aromatic carbocycles. The molecule has 0 atom stereocenters. The lowest BCUT2D eigenvalue weighted by molar-refractivity contribution is -0.120. The normalized spacial score (nSPS) is 10.3. The van der Waals surface area contributed by atoms with E-state index in [1.54, 1.807) is 18.0 Å². The summed E-state index contributed by atoms with van der Waals surface area (Å²) < 4.78 is 0. The summed E-state index contributed by atoms with van der Waals surface area (Å²) >= 11 is 1.76. The highest BCUT2D eigenvalue weighted by Gasteiger charge is 2.04. The van der Waals surface area contributed by atoms with Gasteiger partial charge in [0.05, 0.1) is 0 Å². The number of benzene rings is 1. The van der Waals surface area contributed by atoms with Crippen molar-refractivity contribution in [1.82, 2.24) is 10.3 Å². The first-order chi connectivity index (χ1) is 10.3. The van der Waals surface area contributed by atoms with Crippen LogP contribution in [0.2, 0.25) is 0 Å². The summed E-state index contributed by atoms with van der Waals surface area (Å²) in [7, 11) is 0. The van der Waals surface area contributed by atoms with E-state index in [2.05, 4.69) is 22.4 Å². The maximum Gasteiger partial charge on any atom is 0.221 e. The zero-order chi connectivity index (χ0) is 14.9. The molecule has 0 bridgehead atoms. The minimum absolute atomic E-state index is 0.0406. The second-order valence-corrected chi connectivity index (χ2v) is 5.72. The van der Waals surface area contributed by atoms with E-state index in [1.165, 1.54) is 5.56 Å². The highest BCUT2D eigenvalue weighted by atomic mass is 32.2. The van der Waals surface area contributed by atoms with E-state index in [-0.39, 0.29) is 5.91 Å². The molecule has 21 heavy (non-hydrogen) atoms. The predicted molar refractivity (Wildman–Crippen MR) is 87.7 cm³/mol. The fourth-order valence-electron chi connectivity index (χ4n) is 1.81. The van der Waals surface area contributed by atoms with Gasteiger partial charge in [-0.25, -0.2) is 4.98 Å². The molecule has 3 N–H and O–H groups in total. The minimum atomic E-state index is 0.0406. The Kier molecular flexibility index (Phi) is 6.09. The smallest absolute Gasteiger partial charge is 0.221 e. The third kappa shape index (κ3) is 5.47. The lowest BCUT2D eigenvalue weighted by atomic mass is 10.2. The molecule has 2 rings (SSSR count). The number of nitrogens with two attached hydrogens (primary N) is 1. The Hall–Kier alpha value is -2.01. The van der Waals surface area contributed by atoms with Crippen LogP contribution in [-0.2, 0) is 17.1 Å². The summed E-state index contributed by atoms with van der Waals surface area (Å²) in [5, 5.41) is 2.87. The Bertz CT molecular complexity index is 575. The number of amides is 1. The average molecular weight is 301 g/mol. The highest BCUT2D eigenvalue weighted by Crippen LogP contribution is 2.12. The van der Waals surface area contributed by atoms with E-state index in [9.17, 15) is 4.79 Å². The average Bonchev–Trinajstić information content (AvgIpc) is 2.52. The van der Waals surface area contributed by atoms with Gasteiger partial charge in [-0.15, -0.1) is 0 Å². The van der Waals surface area contributed by atoms with Crippen molar-refractivity contribution in [3.05, 3.63) is 59.8 Å². The number of hydrogen-bond donors (Lipinski definition) is 2. The first-order valence-corrected chi connectivity index (χ1v) is 7.99.